The summed E-state index contributed by atoms with van der Waals surface area (Å²) in [4.78, 5) is 11.5. The van der Waals surface area contributed by atoms with E-state index < -0.39 is 5.60 Å². The molecule has 0 saturated heterocycles. The molecule has 0 spiro atoms. The van der Waals surface area contributed by atoms with E-state index in [1.807, 2.05) is 12.1 Å². The van der Waals surface area contributed by atoms with Crippen molar-refractivity contribution in [1.29, 1.82) is 0 Å². The first-order chi connectivity index (χ1) is 8.00. The van der Waals surface area contributed by atoms with Gasteiger partial charge in [0.1, 0.15) is 0 Å². The molecule has 17 heavy (non-hydrogen) atoms. The number of carbonyl (C=O) groups excluding carboxylic acids is 1. The molecule has 0 saturated carbocycles. The average Bonchev–Trinajstić information content (AvgIpc) is 2.26. The van der Waals surface area contributed by atoms with E-state index >= 15 is 0 Å². The van der Waals surface area contributed by atoms with Gasteiger partial charge < -0.3 is 5.11 Å². The normalized spacial score (nSPS) is 24.6. The zero-order valence-electron chi connectivity index (χ0n) is 10.4. The van der Waals surface area contributed by atoms with E-state index in [-0.39, 0.29) is 12.2 Å². The molecule has 90 valence electrons. The Balaban J connectivity index is 2.29. The van der Waals surface area contributed by atoms with E-state index in [0.717, 1.165) is 17.6 Å². The van der Waals surface area contributed by atoms with Gasteiger partial charge in [-0.25, -0.2) is 0 Å². The zero-order valence-corrected chi connectivity index (χ0v) is 10.4. The molecule has 2 nitrogen and oxygen atoms in total. The second kappa shape index (κ2) is 4.46. The van der Waals surface area contributed by atoms with Crippen LogP contribution < -0.4 is 0 Å². The van der Waals surface area contributed by atoms with Gasteiger partial charge in [-0.3, -0.25) is 4.79 Å². The van der Waals surface area contributed by atoms with Crippen LogP contribution >= 0.6 is 0 Å². The summed E-state index contributed by atoms with van der Waals surface area (Å²) >= 11 is 0. The summed E-state index contributed by atoms with van der Waals surface area (Å²) in [5.74, 6) is 0.0100. The molecule has 1 aliphatic rings. The fraction of sp³-hybridized carbons (Fsp3) is 0.400. The molecule has 1 unspecified atom stereocenters. The van der Waals surface area contributed by atoms with Crippen LogP contribution in [0.15, 0.2) is 30.3 Å². The summed E-state index contributed by atoms with van der Waals surface area (Å²) in [6, 6.07) is 8.20. The van der Waals surface area contributed by atoms with E-state index in [1.54, 1.807) is 13.0 Å². The predicted octanol–water partition coefficient (Wildman–Crippen LogP) is 2.75. The Morgan fingerprint density at radius 3 is 2.41 bits per heavy atom. The monoisotopic (exact) mass is 230 g/mol. The number of ketones is 1. The minimum Gasteiger partial charge on any atom is -0.389 e. The van der Waals surface area contributed by atoms with Crippen molar-refractivity contribution in [3.63, 3.8) is 0 Å². The molecule has 2 heteroatoms. The smallest absolute Gasteiger partial charge is 0.158 e. The Labute approximate surface area is 102 Å². The highest BCUT2D eigenvalue weighted by Gasteiger charge is 2.29. The lowest BCUT2D eigenvalue weighted by atomic mass is 9.82. The topological polar surface area (TPSA) is 37.3 Å². The van der Waals surface area contributed by atoms with Crippen molar-refractivity contribution in [2.75, 3.05) is 0 Å². The molecule has 0 heterocycles. The second-order valence-electron chi connectivity index (χ2n) is 5.04. The van der Waals surface area contributed by atoms with Crippen molar-refractivity contribution in [3.8, 4) is 0 Å². The van der Waals surface area contributed by atoms with Crippen molar-refractivity contribution in [1.82, 2.24) is 0 Å². The maximum absolute atomic E-state index is 11.5. The summed E-state index contributed by atoms with van der Waals surface area (Å²) in [5.41, 5.74) is 2.36. The van der Waals surface area contributed by atoms with E-state index in [4.69, 9.17) is 0 Å². The third-order valence-corrected chi connectivity index (χ3v) is 3.19. The van der Waals surface area contributed by atoms with Gasteiger partial charge in [-0.2, -0.15) is 0 Å². The molecule has 2 rings (SSSR count). The standard InChI is InChI=1S/C15H18O2/c1-3-11-4-6-12(7-5-11)13-8-14(16)10-15(2,17)9-13/h4-8,17H,3,9-10H2,1-2H3. The fourth-order valence-corrected chi connectivity index (χ4v) is 2.28. The number of hydrogen-bond donors (Lipinski definition) is 1. The van der Waals surface area contributed by atoms with Crippen molar-refractivity contribution >= 4 is 11.4 Å². The zero-order chi connectivity index (χ0) is 12.5. The molecule has 0 amide bonds. The number of allylic oxidation sites excluding steroid dienone is 1. The Morgan fingerprint density at radius 2 is 1.88 bits per heavy atom. The Hall–Kier alpha value is -1.41. The van der Waals surface area contributed by atoms with E-state index in [9.17, 15) is 9.90 Å². The van der Waals surface area contributed by atoms with Gasteiger partial charge in [0.05, 0.1) is 5.60 Å². The van der Waals surface area contributed by atoms with Gasteiger partial charge in [-0.1, -0.05) is 31.2 Å². The van der Waals surface area contributed by atoms with Gasteiger partial charge >= 0.3 is 0 Å². The minimum atomic E-state index is -0.898. The lowest BCUT2D eigenvalue weighted by molar-refractivity contribution is -0.119. The number of rotatable bonds is 2. The Bertz CT molecular complexity index is 452. The summed E-state index contributed by atoms with van der Waals surface area (Å²) < 4.78 is 0. The van der Waals surface area contributed by atoms with Crippen LogP contribution in [0.5, 0.6) is 0 Å². The highest BCUT2D eigenvalue weighted by Crippen LogP contribution is 2.32. The fourth-order valence-electron chi connectivity index (χ4n) is 2.28. The van der Waals surface area contributed by atoms with Gasteiger partial charge in [0, 0.05) is 12.8 Å². The summed E-state index contributed by atoms with van der Waals surface area (Å²) in [6.45, 7) is 3.83. The molecule has 0 fully saturated rings. The van der Waals surface area contributed by atoms with Crippen LogP contribution in [-0.2, 0) is 11.2 Å². The van der Waals surface area contributed by atoms with Crippen LogP contribution in [0.25, 0.3) is 5.57 Å². The molecule has 0 bridgehead atoms. The number of aliphatic hydroxyl groups is 1. The third-order valence-electron chi connectivity index (χ3n) is 3.19. The Kier molecular flexibility index (Phi) is 3.16. The number of carbonyl (C=O) groups is 1. The lowest BCUT2D eigenvalue weighted by Gasteiger charge is -2.27. The van der Waals surface area contributed by atoms with Crippen LogP contribution in [0.4, 0.5) is 0 Å². The minimum absolute atomic E-state index is 0.0100. The van der Waals surface area contributed by atoms with Crippen LogP contribution in [0.2, 0.25) is 0 Å². The molecule has 1 aliphatic carbocycles. The van der Waals surface area contributed by atoms with Crippen LogP contribution in [0.1, 0.15) is 37.8 Å². The molecule has 1 aromatic rings. The van der Waals surface area contributed by atoms with Crippen LogP contribution in [-0.4, -0.2) is 16.5 Å². The first-order valence-electron chi connectivity index (χ1n) is 6.05. The van der Waals surface area contributed by atoms with Gasteiger partial charge in [-0.05, 0) is 36.1 Å². The molecule has 0 aromatic heterocycles. The van der Waals surface area contributed by atoms with Crippen LogP contribution in [0, 0.1) is 0 Å². The van der Waals surface area contributed by atoms with Gasteiger partial charge in [0.25, 0.3) is 0 Å². The summed E-state index contributed by atoms with van der Waals surface area (Å²) in [5, 5.41) is 10.0. The quantitative estimate of drug-likeness (QED) is 0.848. The van der Waals surface area contributed by atoms with Gasteiger partial charge in [-0.15, -0.1) is 0 Å². The molecule has 1 N–H and O–H groups in total. The SMILES string of the molecule is CCc1ccc(C2=CC(=O)CC(C)(O)C2)cc1. The summed E-state index contributed by atoms with van der Waals surface area (Å²) in [7, 11) is 0. The predicted molar refractivity (Wildman–Crippen MR) is 68.7 cm³/mol. The highest BCUT2D eigenvalue weighted by molar-refractivity contribution is 5.99. The van der Waals surface area contributed by atoms with E-state index in [2.05, 4.69) is 19.1 Å². The van der Waals surface area contributed by atoms with Crippen molar-refractivity contribution in [2.24, 2.45) is 0 Å². The molecule has 0 aliphatic heterocycles. The van der Waals surface area contributed by atoms with Crippen molar-refractivity contribution in [3.05, 3.63) is 41.5 Å². The first kappa shape index (κ1) is 12.1. The number of aryl methyl sites for hydroxylation is 1. The van der Waals surface area contributed by atoms with Crippen LogP contribution in [0.3, 0.4) is 0 Å². The molecular weight excluding hydrogens is 212 g/mol. The molecule has 1 aromatic carbocycles. The summed E-state index contributed by atoms with van der Waals surface area (Å²) in [6.07, 6.45) is 3.45. The molecule has 1 atom stereocenters. The highest BCUT2D eigenvalue weighted by atomic mass is 16.3. The molecule has 0 radical (unpaired) electrons. The van der Waals surface area contributed by atoms with E-state index in [0.29, 0.717) is 6.42 Å². The lowest BCUT2D eigenvalue weighted by Crippen LogP contribution is -2.30. The first-order valence-corrected chi connectivity index (χ1v) is 6.05. The second-order valence-corrected chi connectivity index (χ2v) is 5.04. The largest absolute Gasteiger partial charge is 0.389 e. The number of hydrogen-bond acceptors (Lipinski definition) is 2. The van der Waals surface area contributed by atoms with Crippen molar-refractivity contribution in [2.45, 2.75) is 38.7 Å². The third kappa shape index (κ3) is 2.83. The van der Waals surface area contributed by atoms with Crippen molar-refractivity contribution < 1.29 is 9.90 Å². The van der Waals surface area contributed by atoms with Gasteiger partial charge in [0.15, 0.2) is 5.78 Å². The average molecular weight is 230 g/mol. The maximum Gasteiger partial charge on any atom is 0.158 e. The molecular formula is C15H18O2. The van der Waals surface area contributed by atoms with Gasteiger partial charge in [0.2, 0.25) is 0 Å². The number of benzene rings is 1. The van der Waals surface area contributed by atoms with E-state index in [1.165, 1.54) is 5.56 Å². The maximum atomic E-state index is 11.5. The Morgan fingerprint density at radius 1 is 1.24 bits per heavy atom.